The van der Waals surface area contributed by atoms with Gasteiger partial charge < -0.3 is 5.32 Å². The first-order chi connectivity index (χ1) is 11.5. The van der Waals surface area contributed by atoms with Crippen molar-refractivity contribution in [1.82, 2.24) is 19.6 Å². The molecule has 0 spiro atoms. The van der Waals surface area contributed by atoms with Crippen LogP contribution in [0, 0.1) is 6.92 Å². The standard InChI is InChI=1S/C17H18BrN5O/c1-3-22-11-15(18)16(21-22)17(24)20-14-8-19-23(10-14)9-13-6-4-12(2)5-7-13/h4-8,10-11H,3,9H2,1-2H3,(H,20,24). The number of hydrogen-bond donors (Lipinski definition) is 1. The summed E-state index contributed by atoms with van der Waals surface area (Å²) in [5.41, 5.74) is 3.39. The predicted octanol–water partition coefficient (Wildman–Crippen LogP) is 3.47. The SMILES string of the molecule is CCn1cc(Br)c(C(=O)Nc2cnn(Cc3ccc(C)cc3)c2)n1. The third-order valence-electron chi connectivity index (χ3n) is 3.61. The Morgan fingerprint density at radius 2 is 1.96 bits per heavy atom. The second-order valence-corrected chi connectivity index (χ2v) is 6.40. The van der Waals surface area contributed by atoms with Gasteiger partial charge in [0, 0.05) is 18.9 Å². The summed E-state index contributed by atoms with van der Waals surface area (Å²) in [6, 6.07) is 8.29. The lowest BCUT2D eigenvalue weighted by atomic mass is 10.1. The molecule has 24 heavy (non-hydrogen) atoms. The Morgan fingerprint density at radius 1 is 1.21 bits per heavy atom. The summed E-state index contributed by atoms with van der Waals surface area (Å²) in [5.74, 6) is -0.260. The van der Waals surface area contributed by atoms with Crippen LogP contribution in [0.4, 0.5) is 5.69 Å². The van der Waals surface area contributed by atoms with Gasteiger partial charge in [0.1, 0.15) is 0 Å². The molecule has 2 aromatic heterocycles. The van der Waals surface area contributed by atoms with Crippen molar-refractivity contribution >= 4 is 27.5 Å². The summed E-state index contributed by atoms with van der Waals surface area (Å²) in [5, 5.41) is 11.4. The van der Waals surface area contributed by atoms with Gasteiger partial charge in [-0.25, -0.2) is 0 Å². The quantitative estimate of drug-likeness (QED) is 0.728. The average molecular weight is 388 g/mol. The predicted molar refractivity (Wildman–Crippen MR) is 96.1 cm³/mol. The van der Waals surface area contributed by atoms with E-state index in [1.807, 2.05) is 13.1 Å². The van der Waals surface area contributed by atoms with Crippen molar-refractivity contribution < 1.29 is 4.79 Å². The number of halogens is 1. The Hall–Kier alpha value is -2.41. The second kappa shape index (κ2) is 7.00. The highest BCUT2D eigenvalue weighted by Crippen LogP contribution is 2.17. The first kappa shape index (κ1) is 16.4. The molecule has 1 N–H and O–H groups in total. The molecule has 1 amide bonds. The number of carbonyl (C=O) groups is 1. The van der Waals surface area contributed by atoms with E-state index in [4.69, 9.17) is 0 Å². The fourth-order valence-corrected chi connectivity index (χ4v) is 2.79. The maximum absolute atomic E-state index is 12.3. The lowest BCUT2D eigenvalue weighted by Gasteiger charge is -2.02. The van der Waals surface area contributed by atoms with E-state index in [0.717, 1.165) is 5.56 Å². The minimum Gasteiger partial charge on any atom is -0.318 e. The van der Waals surface area contributed by atoms with Gasteiger partial charge in [-0.2, -0.15) is 10.2 Å². The molecule has 6 nitrogen and oxygen atoms in total. The van der Waals surface area contributed by atoms with E-state index in [9.17, 15) is 4.79 Å². The van der Waals surface area contributed by atoms with Gasteiger partial charge in [0.15, 0.2) is 5.69 Å². The maximum Gasteiger partial charge on any atom is 0.277 e. The van der Waals surface area contributed by atoms with Gasteiger partial charge in [-0.3, -0.25) is 14.2 Å². The summed E-state index contributed by atoms with van der Waals surface area (Å²) in [7, 11) is 0. The lowest BCUT2D eigenvalue weighted by Crippen LogP contribution is -2.13. The number of carbonyl (C=O) groups excluding carboxylic acids is 1. The number of hydrogen-bond acceptors (Lipinski definition) is 3. The molecule has 124 valence electrons. The van der Waals surface area contributed by atoms with E-state index in [2.05, 4.69) is 62.6 Å². The summed E-state index contributed by atoms with van der Waals surface area (Å²) >= 11 is 3.36. The molecule has 3 aromatic rings. The van der Waals surface area contributed by atoms with Gasteiger partial charge in [0.2, 0.25) is 0 Å². The van der Waals surface area contributed by atoms with Gasteiger partial charge in [0.25, 0.3) is 5.91 Å². The highest BCUT2D eigenvalue weighted by Gasteiger charge is 2.15. The van der Waals surface area contributed by atoms with Crippen molar-refractivity contribution in [1.29, 1.82) is 0 Å². The van der Waals surface area contributed by atoms with Gasteiger partial charge in [-0.1, -0.05) is 29.8 Å². The molecule has 1 aromatic carbocycles. The molecule has 0 aliphatic carbocycles. The molecule has 0 aliphatic rings. The molecular formula is C17H18BrN5O. The average Bonchev–Trinajstić information content (AvgIpc) is 3.16. The molecule has 0 radical (unpaired) electrons. The Bertz CT molecular complexity index is 850. The normalized spacial score (nSPS) is 10.8. The topological polar surface area (TPSA) is 64.7 Å². The summed E-state index contributed by atoms with van der Waals surface area (Å²) in [6.07, 6.45) is 5.23. The fraction of sp³-hybridized carbons (Fsp3) is 0.235. The number of benzene rings is 1. The van der Waals surface area contributed by atoms with Crippen LogP contribution in [-0.4, -0.2) is 25.5 Å². The molecule has 0 saturated carbocycles. The van der Waals surface area contributed by atoms with Crippen LogP contribution < -0.4 is 5.32 Å². The maximum atomic E-state index is 12.3. The molecule has 0 saturated heterocycles. The van der Waals surface area contributed by atoms with Gasteiger partial charge >= 0.3 is 0 Å². The number of anilines is 1. The van der Waals surface area contributed by atoms with Crippen molar-refractivity contribution in [3.8, 4) is 0 Å². The van der Waals surface area contributed by atoms with Crippen molar-refractivity contribution in [3.05, 3.63) is 64.1 Å². The Balaban J connectivity index is 1.68. The molecular weight excluding hydrogens is 370 g/mol. The number of aryl methyl sites for hydroxylation is 2. The minimum absolute atomic E-state index is 0.260. The van der Waals surface area contributed by atoms with Gasteiger partial charge in [0.05, 0.1) is 22.9 Å². The summed E-state index contributed by atoms with van der Waals surface area (Å²) in [6.45, 7) is 5.39. The zero-order valence-electron chi connectivity index (χ0n) is 13.5. The van der Waals surface area contributed by atoms with Gasteiger partial charge in [-0.05, 0) is 35.3 Å². The number of amides is 1. The van der Waals surface area contributed by atoms with Crippen molar-refractivity contribution in [2.45, 2.75) is 26.9 Å². The van der Waals surface area contributed by atoms with Gasteiger partial charge in [-0.15, -0.1) is 0 Å². The summed E-state index contributed by atoms with van der Waals surface area (Å²) in [4.78, 5) is 12.3. The van der Waals surface area contributed by atoms with Crippen LogP contribution in [0.5, 0.6) is 0 Å². The van der Waals surface area contributed by atoms with Crippen molar-refractivity contribution in [3.63, 3.8) is 0 Å². The van der Waals surface area contributed by atoms with Crippen molar-refractivity contribution in [2.75, 3.05) is 5.32 Å². The van der Waals surface area contributed by atoms with Crippen LogP contribution in [0.2, 0.25) is 0 Å². The molecule has 0 unspecified atom stereocenters. The molecule has 7 heteroatoms. The fourth-order valence-electron chi connectivity index (χ4n) is 2.30. The van der Waals surface area contributed by atoms with E-state index in [-0.39, 0.29) is 5.91 Å². The molecule has 3 rings (SSSR count). The number of nitrogens with one attached hydrogen (secondary N) is 1. The molecule has 0 aliphatic heterocycles. The highest BCUT2D eigenvalue weighted by atomic mass is 79.9. The van der Waals surface area contributed by atoms with Crippen LogP contribution in [0.3, 0.4) is 0 Å². The smallest absolute Gasteiger partial charge is 0.277 e. The third kappa shape index (κ3) is 3.73. The Morgan fingerprint density at radius 3 is 2.62 bits per heavy atom. The highest BCUT2D eigenvalue weighted by molar-refractivity contribution is 9.10. The van der Waals surface area contributed by atoms with E-state index < -0.39 is 0 Å². The minimum atomic E-state index is -0.260. The number of aromatic nitrogens is 4. The zero-order chi connectivity index (χ0) is 17.1. The first-order valence-electron chi connectivity index (χ1n) is 7.67. The van der Waals surface area contributed by atoms with Crippen LogP contribution in [0.15, 0.2) is 47.3 Å². The lowest BCUT2D eigenvalue weighted by molar-refractivity contribution is 0.102. The number of rotatable bonds is 5. The van der Waals surface area contributed by atoms with E-state index in [0.29, 0.717) is 28.9 Å². The Kier molecular flexibility index (Phi) is 4.80. The van der Waals surface area contributed by atoms with E-state index in [1.165, 1.54) is 5.56 Å². The third-order valence-corrected chi connectivity index (χ3v) is 4.19. The first-order valence-corrected chi connectivity index (χ1v) is 8.46. The summed E-state index contributed by atoms with van der Waals surface area (Å²) < 4.78 is 4.17. The number of nitrogens with zero attached hydrogens (tertiary/aromatic N) is 4. The van der Waals surface area contributed by atoms with Crippen molar-refractivity contribution in [2.24, 2.45) is 0 Å². The largest absolute Gasteiger partial charge is 0.318 e. The Labute approximate surface area is 148 Å². The zero-order valence-corrected chi connectivity index (χ0v) is 15.1. The molecule has 2 heterocycles. The van der Waals surface area contributed by atoms with Crippen LogP contribution in [-0.2, 0) is 13.1 Å². The molecule has 0 fully saturated rings. The monoisotopic (exact) mass is 387 g/mol. The van der Waals surface area contributed by atoms with E-state index >= 15 is 0 Å². The van der Waals surface area contributed by atoms with Crippen LogP contribution in [0.25, 0.3) is 0 Å². The van der Waals surface area contributed by atoms with Crippen LogP contribution >= 0.6 is 15.9 Å². The van der Waals surface area contributed by atoms with Crippen LogP contribution in [0.1, 0.15) is 28.5 Å². The second-order valence-electron chi connectivity index (χ2n) is 5.55. The molecule has 0 bridgehead atoms. The molecule has 0 atom stereocenters. The van der Waals surface area contributed by atoms with E-state index in [1.54, 1.807) is 21.8 Å².